The number of halogens is 1. The van der Waals surface area contributed by atoms with E-state index < -0.39 is 0 Å². The molecule has 2 amide bonds. The van der Waals surface area contributed by atoms with E-state index in [4.69, 9.17) is 0 Å². The molecule has 0 saturated carbocycles. The van der Waals surface area contributed by atoms with Gasteiger partial charge in [-0.05, 0) is 66.4 Å². The maximum Gasteiger partial charge on any atom is 0.319 e. The minimum Gasteiger partial charge on any atom is -0.369 e. The molecule has 1 fully saturated rings. The van der Waals surface area contributed by atoms with Gasteiger partial charge in [0, 0.05) is 43.1 Å². The SMILES string of the molecule is CCN1CCN(c2ccc(F)cc2C(C)NC(=O)Nc2ccc(-n3cnnn3)cc2)CC1. The second-order valence-corrected chi connectivity index (χ2v) is 7.75. The van der Waals surface area contributed by atoms with Crippen molar-refractivity contribution in [1.82, 2.24) is 30.4 Å². The first-order chi connectivity index (χ1) is 15.5. The van der Waals surface area contributed by atoms with E-state index in [1.165, 1.54) is 23.1 Å². The van der Waals surface area contributed by atoms with E-state index in [0.717, 1.165) is 49.7 Å². The number of urea groups is 1. The number of piperazine rings is 1. The number of amides is 2. The van der Waals surface area contributed by atoms with E-state index in [-0.39, 0.29) is 17.9 Å². The third kappa shape index (κ3) is 5.02. The zero-order valence-electron chi connectivity index (χ0n) is 18.2. The van der Waals surface area contributed by atoms with Crippen molar-refractivity contribution >= 4 is 17.4 Å². The van der Waals surface area contributed by atoms with E-state index in [2.05, 4.69) is 42.9 Å². The summed E-state index contributed by atoms with van der Waals surface area (Å²) < 4.78 is 15.6. The Hall–Kier alpha value is -3.53. The Kier molecular flexibility index (Phi) is 6.60. The summed E-state index contributed by atoms with van der Waals surface area (Å²) in [7, 11) is 0. The molecule has 1 atom stereocenters. The van der Waals surface area contributed by atoms with Crippen LogP contribution in [-0.2, 0) is 0 Å². The highest BCUT2D eigenvalue weighted by Crippen LogP contribution is 2.28. The van der Waals surface area contributed by atoms with E-state index >= 15 is 0 Å². The van der Waals surface area contributed by atoms with Gasteiger partial charge in [0.2, 0.25) is 0 Å². The lowest BCUT2D eigenvalue weighted by atomic mass is 10.0. The Morgan fingerprint density at radius 1 is 1.12 bits per heavy atom. The Morgan fingerprint density at radius 2 is 1.88 bits per heavy atom. The summed E-state index contributed by atoms with van der Waals surface area (Å²) in [4.78, 5) is 17.2. The Morgan fingerprint density at radius 3 is 2.53 bits per heavy atom. The topological polar surface area (TPSA) is 91.2 Å². The quantitative estimate of drug-likeness (QED) is 0.615. The molecule has 0 radical (unpaired) electrons. The lowest BCUT2D eigenvalue weighted by molar-refractivity contribution is 0.249. The van der Waals surface area contributed by atoms with Gasteiger partial charge >= 0.3 is 6.03 Å². The van der Waals surface area contributed by atoms with Crippen LogP contribution in [0.1, 0.15) is 25.5 Å². The second kappa shape index (κ2) is 9.73. The largest absolute Gasteiger partial charge is 0.369 e. The summed E-state index contributed by atoms with van der Waals surface area (Å²) in [6.07, 6.45) is 1.50. The molecule has 168 valence electrons. The molecule has 1 aliphatic heterocycles. The molecule has 1 aromatic heterocycles. The number of carbonyl (C=O) groups is 1. The van der Waals surface area contributed by atoms with Gasteiger partial charge in [0.05, 0.1) is 11.7 Å². The van der Waals surface area contributed by atoms with Crippen molar-refractivity contribution in [3.8, 4) is 5.69 Å². The summed E-state index contributed by atoms with van der Waals surface area (Å²) >= 11 is 0. The zero-order valence-corrected chi connectivity index (χ0v) is 18.2. The van der Waals surface area contributed by atoms with Crippen molar-refractivity contribution in [3.05, 3.63) is 60.2 Å². The molecule has 2 aromatic carbocycles. The summed E-state index contributed by atoms with van der Waals surface area (Å²) in [5, 5.41) is 16.8. The molecule has 1 aliphatic rings. The Bertz CT molecular complexity index is 1030. The first-order valence-corrected chi connectivity index (χ1v) is 10.7. The average molecular weight is 439 g/mol. The molecule has 0 spiro atoms. The highest BCUT2D eigenvalue weighted by atomic mass is 19.1. The van der Waals surface area contributed by atoms with Gasteiger partial charge in [0.25, 0.3) is 0 Å². The molecular weight excluding hydrogens is 411 g/mol. The molecule has 9 nitrogen and oxygen atoms in total. The molecule has 4 rings (SSSR count). The van der Waals surface area contributed by atoms with Crippen molar-refractivity contribution in [2.45, 2.75) is 19.9 Å². The smallest absolute Gasteiger partial charge is 0.319 e. The van der Waals surface area contributed by atoms with Crippen LogP contribution in [0.4, 0.5) is 20.6 Å². The molecule has 32 heavy (non-hydrogen) atoms. The highest BCUT2D eigenvalue weighted by Gasteiger charge is 2.22. The molecule has 10 heteroatoms. The maximum absolute atomic E-state index is 14.1. The fraction of sp³-hybridized carbons (Fsp3) is 0.364. The Balaban J connectivity index is 1.41. The molecule has 0 bridgehead atoms. The minimum atomic E-state index is -0.370. The van der Waals surface area contributed by atoms with Crippen molar-refractivity contribution in [3.63, 3.8) is 0 Å². The van der Waals surface area contributed by atoms with E-state index in [9.17, 15) is 9.18 Å². The zero-order chi connectivity index (χ0) is 22.5. The highest BCUT2D eigenvalue weighted by molar-refractivity contribution is 5.89. The number of rotatable bonds is 6. The first kappa shape index (κ1) is 21.7. The van der Waals surface area contributed by atoms with Crippen LogP contribution in [-0.4, -0.2) is 63.9 Å². The van der Waals surface area contributed by atoms with Crippen LogP contribution in [0.2, 0.25) is 0 Å². The molecule has 3 aromatic rings. The average Bonchev–Trinajstić information content (AvgIpc) is 3.34. The number of benzene rings is 2. The van der Waals surface area contributed by atoms with Gasteiger partial charge in [0.1, 0.15) is 12.1 Å². The van der Waals surface area contributed by atoms with E-state index in [0.29, 0.717) is 5.69 Å². The van der Waals surface area contributed by atoms with Gasteiger partial charge < -0.3 is 20.4 Å². The molecule has 1 saturated heterocycles. The fourth-order valence-corrected chi connectivity index (χ4v) is 3.88. The number of hydrogen-bond donors (Lipinski definition) is 2. The predicted molar refractivity (Wildman–Crippen MR) is 120 cm³/mol. The normalized spacial score (nSPS) is 15.4. The molecule has 2 heterocycles. The van der Waals surface area contributed by atoms with Gasteiger partial charge in [-0.3, -0.25) is 0 Å². The third-order valence-corrected chi connectivity index (χ3v) is 5.70. The Labute approximate surface area is 186 Å². The van der Waals surface area contributed by atoms with Crippen LogP contribution >= 0.6 is 0 Å². The third-order valence-electron chi connectivity index (χ3n) is 5.70. The monoisotopic (exact) mass is 438 g/mol. The number of nitrogens with one attached hydrogen (secondary N) is 2. The van der Waals surface area contributed by atoms with Crippen LogP contribution in [0.3, 0.4) is 0 Å². The predicted octanol–water partition coefficient (Wildman–Crippen LogP) is 2.83. The van der Waals surface area contributed by atoms with Crippen molar-refractivity contribution in [1.29, 1.82) is 0 Å². The summed E-state index contributed by atoms with van der Waals surface area (Å²) in [5.74, 6) is -0.316. The number of tetrazole rings is 1. The molecule has 2 N–H and O–H groups in total. The van der Waals surface area contributed by atoms with E-state index in [1.54, 1.807) is 30.3 Å². The molecular formula is C22H27FN8O. The van der Waals surface area contributed by atoms with Gasteiger partial charge in [-0.1, -0.05) is 6.92 Å². The van der Waals surface area contributed by atoms with Crippen molar-refractivity contribution in [2.24, 2.45) is 0 Å². The maximum atomic E-state index is 14.1. The van der Waals surface area contributed by atoms with Crippen molar-refractivity contribution in [2.75, 3.05) is 42.9 Å². The summed E-state index contributed by atoms with van der Waals surface area (Å²) in [5.41, 5.74) is 3.13. The van der Waals surface area contributed by atoms with Gasteiger partial charge in [-0.15, -0.1) is 5.10 Å². The molecule has 1 unspecified atom stereocenters. The second-order valence-electron chi connectivity index (χ2n) is 7.75. The number of carbonyl (C=O) groups excluding carboxylic acids is 1. The van der Waals surface area contributed by atoms with Crippen molar-refractivity contribution < 1.29 is 9.18 Å². The van der Waals surface area contributed by atoms with E-state index in [1.807, 2.05) is 6.92 Å². The lowest BCUT2D eigenvalue weighted by Crippen LogP contribution is -2.46. The van der Waals surface area contributed by atoms with Crippen LogP contribution in [0.15, 0.2) is 48.8 Å². The summed E-state index contributed by atoms with van der Waals surface area (Å²) in [6.45, 7) is 8.73. The van der Waals surface area contributed by atoms with Crippen LogP contribution < -0.4 is 15.5 Å². The summed E-state index contributed by atoms with van der Waals surface area (Å²) in [6, 6.07) is 11.2. The number of anilines is 2. The number of likely N-dealkylation sites (N-methyl/N-ethyl adjacent to an activating group) is 1. The number of hydrogen-bond acceptors (Lipinski definition) is 6. The minimum absolute atomic E-state index is 0.316. The standard InChI is InChI=1S/C22H27FN8O/c1-3-29-10-12-30(13-11-29)21-9-4-17(23)14-20(21)16(2)25-22(32)26-18-5-7-19(8-6-18)31-15-24-27-28-31/h4-9,14-16H,3,10-13H2,1-2H3,(H2,25,26,32). The fourth-order valence-electron chi connectivity index (χ4n) is 3.88. The number of nitrogens with zero attached hydrogens (tertiary/aromatic N) is 6. The first-order valence-electron chi connectivity index (χ1n) is 10.7. The number of aromatic nitrogens is 4. The van der Waals surface area contributed by atoms with Gasteiger partial charge in [0.15, 0.2) is 0 Å². The van der Waals surface area contributed by atoms with Crippen LogP contribution in [0.5, 0.6) is 0 Å². The van der Waals surface area contributed by atoms with Crippen LogP contribution in [0, 0.1) is 5.82 Å². The van der Waals surface area contributed by atoms with Gasteiger partial charge in [-0.2, -0.15) is 0 Å². The van der Waals surface area contributed by atoms with Crippen LogP contribution in [0.25, 0.3) is 5.69 Å². The van der Waals surface area contributed by atoms with Gasteiger partial charge in [-0.25, -0.2) is 13.9 Å². The lowest BCUT2D eigenvalue weighted by Gasteiger charge is -2.37. The molecule has 0 aliphatic carbocycles.